The fourth-order valence-corrected chi connectivity index (χ4v) is 3.25. The number of aryl methyl sites for hydroxylation is 1. The maximum Gasteiger partial charge on any atom is 0.193 e. The van der Waals surface area contributed by atoms with E-state index in [0.29, 0.717) is 18.8 Å². The van der Waals surface area contributed by atoms with Gasteiger partial charge in [-0.3, -0.25) is 9.20 Å². The fourth-order valence-electron chi connectivity index (χ4n) is 1.75. The standard InChI is InChI=1S/C14H26N4OS2/c1-11-17-12(10-20-11)9-18(6)13(15-5)16-7-8-21(19)14(2,3)4/h10H,7-9H2,1-6H3,(H,15,16). The van der Waals surface area contributed by atoms with Gasteiger partial charge >= 0.3 is 0 Å². The molecule has 0 bridgehead atoms. The van der Waals surface area contributed by atoms with E-state index in [-0.39, 0.29) is 4.75 Å². The number of rotatable bonds is 5. The molecular weight excluding hydrogens is 304 g/mol. The molecule has 1 N–H and O–H groups in total. The van der Waals surface area contributed by atoms with Gasteiger partial charge in [0.15, 0.2) is 5.96 Å². The lowest BCUT2D eigenvalue weighted by atomic mass is 10.3. The van der Waals surface area contributed by atoms with E-state index in [4.69, 9.17) is 0 Å². The summed E-state index contributed by atoms with van der Waals surface area (Å²) in [5, 5.41) is 6.39. The number of guanidine groups is 1. The van der Waals surface area contributed by atoms with E-state index < -0.39 is 10.8 Å². The van der Waals surface area contributed by atoms with Crippen molar-refractivity contribution in [3.05, 3.63) is 16.1 Å². The molecule has 21 heavy (non-hydrogen) atoms. The van der Waals surface area contributed by atoms with Crippen LogP contribution in [-0.4, -0.2) is 51.2 Å². The quantitative estimate of drug-likeness (QED) is 0.663. The molecule has 1 rings (SSSR count). The van der Waals surface area contributed by atoms with E-state index in [2.05, 4.69) is 20.7 Å². The van der Waals surface area contributed by atoms with Crippen LogP contribution in [0.15, 0.2) is 10.4 Å². The van der Waals surface area contributed by atoms with Gasteiger partial charge < -0.3 is 10.2 Å². The lowest BCUT2D eigenvalue weighted by molar-refractivity contribution is 0.473. The molecule has 0 saturated carbocycles. The van der Waals surface area contributed by atoms with Gasteiger partial charge in [-0.1, -0.05) is 0 Å². The molecule has 0 aliphatic rings. The first-order chi connectivity index (χ1) is 9.74. The third kappa shape index (κ3) is 6.13. The third-order valence-electron chi connectivity index (χ3n) is 2.89. The zero-order valence-corrected chi connectivity index (χ0v) is 15.4. The lowest BCUT2D eigenvalue weighted by Crippen LogP contribution is -2.41. The number of nitrogens with one attached hydrogen (secondary N) is 1. The summed E-state index contributed by atoms with van der Waals surface area (Å²) in [5.74, 6) is 1.41. The largest absolute Gasteiger partial charge is 0.355 e. The number of hydrogen-bond acceptors (Lipinski definition) is 4. The van der Waals surface area contributed by atoms with E-state index >= 15 is 0 Å². The number of nitrogens with zero attached hydrogens (tertiary/aromatic N) is 3. The molecule has 1 unspecified atom stereocenters. The van der Waals surface area contributed by atoms with Crippen LogP contribution in [0.5, 0.6) is 0 Å². The van der Waals surface area contributed by atoms with Gasteiger partial charge in [0, 0.05) is 47.3 Å². The van der Waals surface area contributed by atoms with Crippen LogP contribution >= 0.6 is 11.3 Å². The highest BCUT2D eigenvalue weighted by molar-refractivity contribution is 7.86. The van der Waals surface area contributed by atoms with Crippen molar-refractivity contribution < 1.29 is 4.21 Å². The van der Waals surface area contributed by atoms with Crippen LogP contribution in [-0.2, 0) is 17.3 Å². The molecule has 0 fully saturated rings. The second-order valence-electron chi connectivity index (χ2n) is 5.85. The molecule has 1 aromatic rings. The number of aliphatic imine (C=N–C) groups is 1. The van der Waals surface area contributed by atoms with E-state index in [0.717, 1.165) is 16.7 Å². The van der Waals surface area contributed by atoms with Gasteiger partial charge in [-0.05, 0) is 27.7 Å². The molecule has 1 aromatic heterocycles. The molecule has 7 heteroatoms. The first kappa shape index (κ1) is 18.1. The molecule has 0 saturated heterocycles. The Balaban J connectivity index is 2.46. The molecule has 0 aromatic carbocycles. The molecule has 1 heterocycles. The third-order valence-corrected chi connectivity index (χ3v) is 5.66. The fraction of sp³-hybridized carbons (Fsp3) is 0.714. The van der Waals surface area contributed by atoms with Crippen LogP contribution < -0.4 is 5.32 Å². The first-order valence-corrected chi connectivity index (χ1v) is 9.15. The number of aromatic nitrogens is 1. The average molecular weight is 331 g/mol. The normalized spacial score (nSPS) is 14.1. The SMILES string of the molecule is CN=C(NCCS(=O)C(C)(C)C)N(C)Cc1csc(C)n1. The summed E-state index contributed by atoms with van der Waals surface area (Å²) in [5.41, 5.74) is 1.04. The molecule has 0 aliphatic carbocycles. The van der Waals surface area contributed by atoms with Crippen molar-refractivity contribution >= 4 is 28.1 Å². The van der Waals surface area contributed by atoms with Crippen molar-refractivity contribution in [2.24, 2.45) is 4.99 Å². The van der Waals surface area contributed by atoms with E-state index in [9.17, 15) is 4.21 Å². The molecule has 120 valence electrons. The van der Waals surface area contributed by atoms with Crippen molar-refractivity contribution in [2.45, 2.75) is 39.0 Å². The van der Waals surface area contributed by atoms with Gasteiger partial charge in [0.1, 0.15) is 0 Å². The van der Waals surface area contributed by atoms with Crippen LogP contribution in [0, 0.1) is 6.92 Å². The van der Waals surface area contributed by atoms with E-state index in [1.165, 1.54) is 0 Å². The number of hydrogen-bond donors (Lipinski definition) is 1. The van der Waals surface area contributed by atoms with Gasteiger partial charge in [0.25, 0.3) is 0 Å². The Kier molecular flexibility index (Phi) is 6.80. The molecule has 0 amide bonds. The van der Waals surface area contributed by atoms with Crippen molar-refractivity contribution in [2.75, 3.05) is 26.4 Å². The minimum absolute atomic E-state index is 0.171. The summed E-state index contributed by atoms with van der Waals surface area (Å²) in [6.45, 7) is 9.35. The predicted molar refractivity (Wildman–Crippen MR) is 92.4 cm³/mol. The van der Waals surface area contributed by atoms with Crippen LogP contribution in [0.1, 0.15) is 31.5 Å². The number of thiazole rings is 1. The Morgan fingerprint density at radius 1 is 1.52 bits per heavy atom. The monoisotopic (exact) mass is 330 g/mol. The summed E-state index contributed by atoms with van der Waals surface area (Å²) in [7, 11) is 2.88. The smallest absolute Gasteiger partial charge is 0.193 e. The maximum atomic E-state index is 12.0. The van der Waals surface area contributed by atoms with Crippen molar-refractivity contribution in [1.82, 2.24) is 15.2 Å². The Morgan fingerprint density at radius 3 is 2.67 bits per heavy atom. The second-order valence-corrected chi connectivity index (χ2v) is 9.24. The molecule has 1 atom stereocenters. The van der Waals surface area contributed by atoms with Crippen molar-refractivity contribution in [1.29, 1.82) is 0 Å². The first-order valence-electron chi connectivity index (χ1n) is 6.95. The summed E-state index contributed by atoms with van der Waals surface area (Å²) in [6, 6.07) is 0. The predicted octanol–water partition coefficient (Wildman–Crippen LogP) is 2.01. The summed E-state index contributed by atoms with van der Waals surface area (Å²) < 4.78 is 11.8. The topological polar surface area (TPSA) is 57.6 Å². The molecule has 0 aliphatic heterocycles. The lowest BCUT2D eigenvalue weighted by Gasteiger charge is -2.22. The molecule has 0 radical (unpaired) electrons. The minimum Gasteiger partial charge on any atom is -0.355 e. The zero-order valence-electron chi connectivity index (χ0n) is 13.8. The van der Waals surface area contributed by atoms with Crippen LogP contribution in [0.4, 0.5) is 0 Å². The van der Waals surface area contributed by atoms with Crippen LogP contribution in [0.3, 0.4) is 0 Å². The van der Waals surface area contributed by atoms with E-state index in [1.807, 2.05) is 39.6 Å². The molecular formula is C14H26N4OS2. The maximum absolute atomic E-state index is 12.0. The Bertz CT molecular complexity index is 505. The van der Waals surface area contributed by atoms with Crippen LogP contribution in [0.2, 0.25) is 0 Å². The van der Waals surface area contributed by atoms with Crippen molar-refractivity contribution in [3.63, 3.8) is 0 Å². The summed E-state index contributed by atoms with van der Waals surface area (Å²) in [4.78, 5) is 10.7. The highest BCUT2D eigenvalue weighted by Crippen LogP contribution is 2.11. The Labute approximate surface area is 134 Å². The van der Waals surface area contributed by atoms with Gasteiger partial charge in [0.2, 0.25) is 0 Å². The Hall–Kier alpha value is -0.950. The highest BCUT2D eigenvalue weighted by Gasteiger charge is 2.19. The highest BCUT2D eigenvalue weighted by atomic mass is 32.2. The van der Waals surface area contributed by atoms with Gasteiger partial charge in [-0.15, -0.1) is 11.3 Å². The summed E-state index contributed by atoms with van der Waals surface area (Å²) >= 11 is 1.65. The molecule has 0 spiro atoms. The summed E-state index contributed by atoms with van der Waals surface area (Å²) in [6.07, 6.45) is 0. The van der Waals surface area contributed by atoms with E-state index in [1.54, 1.807) is 18.4 Å². The molecule has 5 nitrogen and oxygen atoms in total. The average Bonchev–Trinajstić information content (AvgIpc) is 2.78. The second kappa shape index (κ2) is 7.89. The zero-order chi connectivity index (χ0) is 16.0. The van der Waals surface area contributed by atoms with Crippen LogP contribution in [0.25, 0.3) is 0 Å². The van der Waals surface area contributed by atoms with Gasteiger partial charge in [-0.2, -0.15) is 0 Å². The minimum atomic E-state index is -0.850. The van der Waals surface area contributed by atoms with Crippen molar-refractivity contribution in [3.8, 4) is 0 Å². The van der Waals surface area contributed by atoms with Gasteiger partial charge in [-0.25, -0.2) is 4.98 Å². The van der Waals surface area contributed by atoms with Gasteiger partial charge in [0.05, 0.1) is 17.2 Å². The Morgan fingerprint density at radius 2 is 2.19 bits per heavy atom.